The first-order valence-electron chi connectivity index (χ1n) is 5.69. The van der Waals surface area contributed by atoms with Crippen molar-refractivity contribution >= 4 is 0 Å². The van der Waals surface area contributed by atoms with Crippen LogP contribution in [0.2, 0.25) is 0 Å². The summed E-state index contributed by atoms with van der Waals surface area (Å²) in [5.74, 6) is 1.70. The van der Waals surface area contributed by atoms with Gasteiger partial charge in [0, 0.05) is 17.7 Å². The van der Waals surface area contributed by atoms with E-state index in [0.717, 1.165) is 29.0 Å². The topological polar surface area (TPSA) is 42.4 Å². The average Bonchev–Trinajstić information content (AvgIpc) is 2.54. The van der Waals surface area contributed by atoms with Crippen molar-refractivity contribution in [3.05, 3.63) is 53.9 Å². The van der Waals surface area contributed by atoms with Gasteiger partial charge in [-0.1, -0.05) is 18.2 Å². The van der Waals surface area contributed by atoms with Crippen LogP contribution in [0.4, 0.5) is 0 Å². The van der Waals surface area contributed by atoms with Crippen molar-refractivity contribution < 1.29 is 9.84 Å². The number of hydrogen-bond donors (Lipinski definition) is 1. The molecule has 1 N–H and O–H groups in total. The van der Waals surface area contributed by atoms with Gasteiger partial charge in [-0.15, -0.1) is 0 Å². The standard InChI is InChI=1S/C14H13NO2/c16-9-11-7-10-5-6-15-8-14(10)17-13-4-2-1-3-12(11)13/h1-6,8,11,16H,7,9H2. The van der Waals surface area contributed by atoms with Crippen LogP contribution in [-0.4, -0.2) is 16.7 Å². The van der Waals surface area contributed by atoms with Gasteiger partial charge in [0.15, 0.2) is 0 Å². The van der Waals surface area contributed by atoms with Gasteiger partial charge < -0.3 is 9.84 Å². The lowest BCUT2D eigenvalue weighted by Crippen LogP contribution is -2.06. The third-order valence-corrected chi connectivity index (χ3v) is 3.14. The first-order valence-corrected chi connectivity index (χ1v) is 5.69. The maximum atomic E-state index is 9.52. The molecule has 0 amide bonds. The van der Waals surface area contributed by atoms with Gasteiger partial charge in [-0.05, 0) is 24.1 Å². The van der Waals surface area contributed by atoms with Crippen LogP contribution in [0.5, 0.6) is 11.5 Å². The second-order valence-corrected chi connectivity index (χ2v) is 4.21. The highest BCUT2D eigenvalue weighted by molar-refractivity contribution is 5.45. The van der Waals surface area contributed by atoms with E-state index < -0.39 is 0 Å². The van der Waals surface area contributed by atoms with Gasteiger partial charge in [0.25, 0.3) is 0 Å². The molecule has 1 aliphatic rings. The molecule has 3 heteroatoms. The van der Waals surface area contributed by atoms with E-state index in [1.807, 2.05) is 30.3 Å². The summed E-state index contributed by atoms with van der Waals surface area (Å²) in [6.45, 7) is 0.127. The molecule has 0 radical (unpaired) electrons. The second kappa shape index (κ2) is 4.18. The zero-order valence-electron chi connectivity index (χ0n) is 9.34. The smallest absolute Gasteiger partial charge is 0.148 e. The fourth-order valence-electron chi connectivity index (χ4n) is 2.24. The Balaban J connectivity index is 2.13. The zero-order chi connectivity index (χ0) is 11.7. The highest BCUT2D eigenvalue weighted by Crippen LogP contribution is 2.38. The molecule has 3 rings (SSSR count). The Hall–Kier alpha value is -1.87. The average molecular weight is 227 g/mol. The van der Waals surface area contributed by atoms with Crippen LogP contribution < -0.4 is 4.74 Å². The molecule has 2 aromatic rings. The van der Waals surface area contributed by atoms with Crippen molar-refractivity contribution in [2.75, 3.05) is 6.61 Å². The maximum Gasteiger partial charge on any atom is 0.148 e. The van der Waals surface area contributed by atoms with E-state index >= 15 is 0 Å². The van der Waals surface area contributed by atoms with Crippen molar-refractivity contribution in [1.82, 2.24) is 4.98 Å². The monoisotopic (exact) mass is 227 g/mol. The largest absolute Gasteiger partial charge is 0.455 e. The van der Waals surface area contributed by atoms with E-state index in [4.69, 9.17) is 4.74 Å². The van der Waals surface area contributed by atoms with Crippen LogP contribution in [0.3, 0.4) is 0 Å². The van der Waals surface area contributed by atoms with Crippen LogP contribution in [0.15, 0.2) is 42.7 Å². The fraction of sp³-hybridized carbons (Fsp3) is 0.214. The van der Waals surface area contributed by atoms with E-state index in [9.17, 15) is 5.11 Å². The SMILES string of the molecule is OCC1Cc2ccncc2Oc2ccccc21. The van der Waals surface area contributed by atoms with Crippen LogP contribution >= 0.6 is 0 Å². The van der Waals surface area contributed by atoms with E-state index in [-0.39, 0.29) is 12.5 Å². The Morgan fingerprint density at radius 1 is 1.24 bits per heavy atom. The summed E-state index contributed by atoms with van der Waals surface area (Å²) < 4.78 is 5.86. The molecule has 1 aromatic carbocycles. The Morgan fingerprint density at radius 3 is 3.00 bits per heavy atom. The van der Waals surface area contributed by atoms with Gasteiger partial charge in [-0.2, -0.15) is 0 Å². The quantitative estimate of drug-likeness (QED) is 0.814. The lowest BCUT2D eigenvalue weighted by atomic mass is 9.93. The summed E-state index contributed by atoms with van der Waals surface area (Å²) >= 11 is 0. The second-order valence-electron chi connectivity index (χ2n) is 4.21. The summed E-state index contributed by atoms with van der Waals surface area (Å²) in [4.78, 5) is 4.08. The Kier molecular flexibility index (Phi) is 2.53. The van der Waals surface area contributed by atoms with Gasteiger partial charge in [0.2, 0.25) is 0 Å². The first-order chi connectivity index (χ1) is 8.38. The number of ether oxygens (including phenoxy) is 1. The molecule has 0 fully saturated rings. The number of benzene rings is 1. The van der Waals surface area contributed by atoms with E-state index in [1.54, 1.807) is 12.4 Å². The van der Waals surface area contributed by atoms with Gasteiger partial charge in [-0.25, -0.2) is 0 Å². The molecule has 0 bridgehead atoms. The normalized spacial score (nSPS) is 17.6. The number of fused-ring (bicyclic) bond motifs is 2. The summed E-state index contributed by atoms with van der Waals surface area (Å²) in [5, 5.41) is 9.52. The minimum absolute atomic E-state index is 0.0925. The van der Waals surface area contributed by atoms with Crippen molar-refractivity contribution in [3.63, 3.8) is 0 Å². The van der Waals surface area contributed by atoms with E-state index in [0.29, 0.717) is 0 Å². The third kappa shape index (κ3) is 1.78. The molecule has 17 heavy (non-hydrogen) atoms. The van der Waals surface area contributed by atoms with Crippen LogP contribution in [-0.2, 0) is 6.42 Å². The van der Waals surface area contributed by atoms with Crippen molar-refractivity contribution in [2.24, 2.45) is 0 Å². The molecule has 0 saturated heterocycles. The summed E-state index contributed by atoms with van der Waals surface area (Å²) in [6.07, 6.45) is 4.27. The molecule has 0 aliphatic carbocycles. The molecule has 0 saturated carbocycles. The highest BCUT2D eigenvalue weighted by Gasteiger charge is 2.22. The van der Waals surface area contributed by atoms with Crippen molar-refractivity contribution in [2.45, 2.75) is 12.3 Å². The Morgan fingerprint density at radius 2 is 2.12 bits per heavy atom. The molecule has 86 valence electrons. The predicted molar refractivity (Wildman–Crippen MR) is 64.3 cm³/mol. The molecule has 1 unspecified atom stereocenters. The zero-order valence-corrected chi connectivity index (χ0v) is 9.34. The molecule has 0 spiro atoms. The van der Waals surface area contributed by atoms with Gasteiger partial charge in [-0.3, -0.25) is 4.98 Å². The number of pyridine rings is 1. The number of aromatic nitrogens is 1. The van der Waals surface area contributed by atoms with Gasteiger partial charge >= 0.3 is 0 Å². The Bertz CT molecular complexity index is 539. The van der Waals surface area contributed by atoms with Crippen molar-refractivity contribution in [1.29, 1.82) is 0 Å². The molecular weight excluding hydrogens is 214 g/mol. The third-order valence-electron chi connectivity index (χ3n) is 3.14. The number of rotatable bonds is 1. The lowest BCUT2D eigenvalue weighted by Gasteiger charge is -2.13. The number of para-hydroxylation sites is 1. The first kappa shape index (κ1) is 10.3. The van der Waals surface area contributed by atoms with Gasteiger partial charge in [0.1, 0.15) is 11.5 Å². The number of aliphatic hydroxyl groups excluding tert-OH is 1. The summed E-state index contributed by atoms with van der Waals surface area (Å²) in [7, 11) is 0. The van der Waals surface area contributed by atoms with Crippen LogP contribution in [0.1, 0.15) is 17.0 Å². The maximum absolute atomic E-state index is 9.52. The van der Waals surface area contributed by atoms with E-state index in [2.05, 4.69) is 4.98 Å². The minimum atomic E-state index is 0.0925. The van der Waals surface area contributed by atoms with Gasteiger partial charge in [0.05, 0.1) is 12.8 Å². The molecule has 1 aliphatic heterocycles. The molecule has 3 nitrogen and oxygen atoms in total. The minimum Gasteiger partial charge on any atom is -0.455 e. The predicted octanol–water partition coefficient (Wildman–Crippen LogP) is 2.51. The lowest BCUT2D eigenvalue weighted by molar-refractivity contribution is 0.264. The fourth-order valence-corrected chi connectivity index (χ4v) is 2.24. The molecular formula is C14H13NO2. The Labute approximate surface area is 99.7 Å². The summed E-state index contributed by atoms with van der Waals surface area (Å²) in [6, 6.07) is 9.80. The number of hydrogen-bond acceptors (Lipinski definition) is 3. The molecule has 1 aromatic heterocycles. The molecule has 2 heterocycles. The van der Waals surface area contributed by atoms with Crippen LogP contribution in [0, 0.1) is 0 Å². The van der Waals surface area contributed by atoms with Crippen LogP contribution in [0.25, 0.3) is 0 Å². The summed E-state index contributed by atoms with van der Waals surface area (Å²) in [5.41, 5.74) is 2.15. The van der Waals surface area contributed by atoms with Crippen molar-refractivity contribution in [3.8, 4) is 11.5 Å². The molecule has 1 atom stereocenters. The number of nitrogens with zero attached hydrogens (tertiary/aromatic N) is 1. The van der Waals surface area contributed by atoms with E-state index in [1.165, 1.54) is 0 Å². The highest BCUT2D eigenvalue weighted by atomic mass is 16.5. The number of aliphatic hydroxyl groups is 1.